The number of thiophene rings is 1. The fourth-order valence-electron chi connectivity index (χ4n) is 1.24. The highest BCUT2D eigenvalue weighted by Crippen LogP contribution is 2.32. The van der Waals surface area contributed by atoms with Crippen molar-refractivity contribution in [3.8, 4) is 5.00 Å². The van der Waals surface area contributed by atoms with E-state index in [2.05, 4.69) is 4.98 Å². The molecule has 7 heteroatoms. The summed E-state index contributed by atoms with van der Waals surface area (Å²) in [4.78, 5) is 25.7. The third-order valence-corrected chi connectivity index (χ3v) is 3.21. The van der Waals surface area contributed by atoms with Gasteiger partial charge in [-0.1, -0.05) is 0 Å². The van der Waals surface area contributed by atoms with E-state index in [1.165, 1.54) is 30.1 Å². The zero-order valence-corrected chi connectivity index (χ0v) is 9.10. The van der Waals surface area contributed by atoms with E-state index in [0.717, 1.165) is 11.3 Å². The van der Waals surface area contributed by atoms with Gasteiger partial charge in [-0.05, 0) is 6.92 Å². The van der Waals surface area contributed by atoms with Crippen LogP contribution >= 0.6 is 11.3 Å². The number of carbonyl (C=O) groups is 1. The molecule has 6 nitrogen and oxygen atoms in total. The van der Waals surface area contributed by atoms with Gasteiger partial charge < -0.3 is 0 Å². The van der Waals surface area contributed by atoms with Gasteiger partial charge in [0, 0.05) is 18.5 Å². The monoisotopic (exact) mass is 237 g/mol. The third kappa shape index (κ3) is 1.72. The Morgan fingerprint density at radius 2 is 2.38 bits per heavy atom. The first-order valence-corrected chi connectivity index (χ1v) is 5.18. The molecule has 0 aliphatic rings. The van der Waals surface area contributed by atoms with Crippen molar-refractivity contribution in [1.82, 2.24) is 9.55 Å². The van der Waals surface area contributed by atoms with Crippen LogP contribution in [0.5, 0.6) is 0 Å². The molecule has 0 radical (unpaired) electrons. The number of imidazole rings is 1. The van der Waals surface area contributed by atoms with Crippen molar-refractivity contribution in [2.75, 3.05) is 0 Å². The normalized spacial score (nSPS) is 10.3. The molecule has 0 aliphatic heterocycles. The average molecular weight is 237 g/mol. The van der Waals surface area contributed by atoms with E-state index in [4.69, 9.17) is 0 Å². The molecule has 2 rings (SSSR count). The van der Waals surface area contributed by atoms with Gasteiger partial charge in [-0.15, -0.1) is 11.3 Å². The van der Waals surface area contributed by atoms with Crippen LogP contribution in [0.3, 0.4) is 0 Å². The number of nitro groups is 1. The zero-order valence-electron chi connectivity index (χ0n) is 8.28. The van der Waals surface area contributed by atoms with E-state index in [0.29, 0.717) is 9.88 Å². The second kappa shape index (κ2) is 3.86. The van der Waals surface area contributed by atoms with Crippen molar-refractivity contribution >= 4 is 22.8 Å². The van der Waals surface area contributed by atoms with Crippen molar-refractivity contribution in [1.29, 1.82) is 0 Å². The molecule has 0 atom stereocenters. The summed E-state index contributed by atoms with van der Waals surface area (Å²) in [6, 6.07) is 1.29. The minimum absolute atomic E-state index is 0.0757. The predicted molar refractivity (Wildman–Crippen MR) is 58.1 cm³/mol. The predicted octanol–water partition coefficient (Wildman–Crippen LogP) is 2.04. The molecule has 0 saturated heterocycles. The number of aromatic nitrogens is 2. The molecular weight excluding hydrogens is 230 g/mol. The van der Waals surface area contributed by atoms with Crippen LogP contribution in [0.25, 0.3) is 5.00 Å². The van der Waals surface area contributed by atoms with Crippen molar-refractivity contribution in [3.05, 3.63) is 39.8 Å². The molecule has 2 aromatic heterocycles. The molecule has 0 aromatic carbocycles. The Balaban J connectivity index is 2.59. The third-order valence-electron chi connectivity index (χ3n) is 1.98. The second-order valence-corrected chi connectivity index (χ2v) is 4.11. The van der Waals surface area contributed by atoms with Crippen LogP contribution in [-0.4, -0.2) is 20.3 Å². The SMILES string of the molecule is CC(=O)c1cc([N+](=O)[O-])c(-n2ccnc2)s1. The molecule has 82 valence electrons. The molecule has 0 amide bonds. The quantitative estimate of drug-likeness (QED) is 0.465. The molecule has 0 unspecified atom stereocenters. The molecule has 0 spiro atoms. The standard InChI is InChI=1S/C9H7N3O3S/c1-6(13)8-4-7(12(14)15)9(16-8)11-3-2-10-5-11/h2-5H,1H3. The second-order valence-electron chi connectivity index (χ2n) is 3.08. The summed E-state index contributed by atoms with van der Waals surface area (Å²) in [6.07, 6.45) is 4.59. The van der Waals surface area contributed by atoms with E-state index in [-0.39, 0.29) is 11.5 Å². The molecule has 2 heterocycles. The molecule has 0 saturated carbocycles. The van der Waals surface area contributed by atoms with Gasteiger partial charge >= 0.3 is 5.69 Å². The minimum atomic E-state index is -0.502. The molecule has 0 fully saturated rings. The van der Waals surface area contributed by atoms with Crippen LogP contribution in [0.2, 0.25) is 0 Å². The Hall–Kier alpha value is -2.02. The van der Waals surface area contributed by atoms with E-state index in [1.807, 2.05) is 0 Å². The average Bonchev–Trinajstić information content (AvgIpc) is 2.86. The largest absolute Gasteiger partial charge is 0.305 e. The summed E-state index contributed by atoms with van der Waals surface area (Å²) in [5.41, 5.74) is -0.0757. The van der Waals surface area contributed by atoms with Gasteiger partial charge in [-0.25, -0.2) is 4.98 Å². The summed E-state index contributed by atoms with van der Waals surface area (Å²) >= 11 is 1.09. The van der Waals surface area contributed by atoms with Gasteiger partial charge in [-0.2, -0.15) is 0 Å². The van der Waals surface area contributed by atoms with Crippen LogP contribution in [0.4, 0.5) is 5.69 Å². The summed E-state index contributed by atoms with van der Waals surface area (Å²) in [7, 11) is 0. The van der Waals surface area contributed by atoms with Crippen LogP contribution in [0, 0.1) is 10.1 Å². The Kier molecular flexibility index (Phi) is 2.53. The smallest absolute Gasteiger partial charge is 0.294 e. The van der Waals surface area contributed by atoms with Crippen molar-refractivity contribution in [2.24, 2.45) is 0 Å². The van der Waals surface area contributed by atoms with Crippen LogP contribution in [0.1, 0.15) is 16.6 Å². The van der Waals surface area contributed by atoms with E-state index < -0.39 is 4.92 Å². The fourth-order valence-corrected chi connectivity index (χ4v) is 2.21. The van der Waals surface area contributed by atoms with Gasteiger partial charge in [0.15, 0.2) is 10.8 Å². The summed E-state index contributed by atoms with van der Waals surface area (Å²) in [5.74, 6) is -0.181. The number of hydrogen-bond donors (Lipinski definition) is 0. The maximum atomic E-state index is 11.2. The topological polar surface area (TPSA) is 78.0 Å². The maximum absolute atomic E-state index is 11.2. The lowest BCUT2D eigenvalue weighted by Gasteiger charge is -1.95. The summed E-state index contributed by atoms with van der Waals surface area (Å²) in [6.45, 7) is 1.38. The first-order chi connectivity index (χ1) is 7.59. The highest BCUT2D eigenvalue weighted by Gasteiger charge is 2.21. The van der Waals surface area contributed by atoms with E-state index in [1.54, 1.807) is 6.20 Å². The molecule has 2 aromatic rings. The molecule has 0 N–H and O–H groups in total. The van der Waals surface area contributed by atoms with Crippen LogP contribution < -0.4 is 0 Å². The lowest BCUT2D eigenvalue weighted by Crippen LogP contribution is -1.93. The van der Waals surface area contributed by atoms with E-state index >= 15 is 0 Å². The first kappa shape index (κ1) is 10.5. The number of nitrogens with zero attached hydrogens (tertiary/aromatic N) is 3. The van der Waals surface area contributed by atoms with Gasteiger partial charge in [0.1, 0.15) is 0 Å². The molecule has 0 aliphatic carbocycles. The summed E-state index contributed by atoms with van der Waals surface area (Å²) in [5, 5.41) is 11.2. The maximum Gasteiger partial charge on any atom is 0.305 e. The highest BCUT2D eigenvalue weighted by molar-refractivity contribution is 7.17. The number of carbonyl (C=O) groups excluding carboxylic acids is 1. The lowest BCUT2D eigenvalue weighted by molar-refractivity contribution is -0.384. The molecule has 16 heavy (non-hydrogen) atoms. The number of rotatable bonds is 3. The Morgan fingerprint density at radius 1 is 1.62 bits per heavy atom. The molecular formula is C9H7N3O3S. The van der Waals surface area contributed by atoms with Crippen LogP contribution in [-0.2, 0) is 0 Å². The minimum Gasteiger partial charge on any atom is -0.294 e. The van der Waals surface area contributed by atoms with Crippen molar-refractivity contribution < 1.29 is 9.72 Å². The number of hydrogen-bond acceptors (Lipinski definition) is 5. The van der Waals surface area contributed by atoms with Gasteiger partial charge in [-0.3, -0.25) is 19.5 Å². The number of Topliss-reactive ketones (excluding diaryl/α,β-unsaturated/α-hetero) is 1. The zero-order chi connectivity index (χ0) is 11.7. The van der Waals surface area contributed by atoms with Gasteiger partial charge in [0.2, 0.25) is 0 Å². The van der Waals surface area contributed by atoms with Crippen LogP contribution in [0.15, 0.2) is 24.8 Å². The summed E-state index contributed by atoms with van der Waals surface area (Å²) < 4.78 is 1.52. The lowest BCUT2D eigenvalue weighted by atomic mass is 10.3. The fraction of sp³-hybridized carbons (Fsp3) is 0.111. The number of ketones is 1. The van der Waals surface area contributed by atoms with Gasteiger partial charge in [0.25, 0.3) is 0 Å². The van der Waals surface area contributed by atoms with Crippen molar-refractivity contribution in [3.63, 3.8) is 0 Å². The Bertz CT molecular complexity index is 544. The van der Waals surface area contributed by atoms with E-state index in [9.17, 15) is 14.9 Å². The molecule has 0 bridgehead atoms. The first-order valence-electron chi connectivity index (χ1n) is 4.37. The Labute approximate surface area is 94.3 Å². The van der Waals surface area contributed by atoms with Crippen molar-refractivity contribution in [2.45, 2.75) is 6.92 Å². The van der Waals surface area contributed by atoms with Gasteiger partial charge in [0.05, 0.1) is 16.1 Å². The highest BCUT2D eigenvalue weighted by atomic mass is 32.1. The Morgan fingerprint density at radius 3 is 2.88 bits per heavy atom.